The number of benzene rings is 2. The first kappa shape index (κ1) is 15.2. The summed E-state index contributed by atoms with van der Waals surface area (Å²) in [6, 6.07) is 12.2. The zero-order chi connectivity index (χ0) is 15.6. The molecule has 0 fully saturated rings. The van der Waals surface area contributed by atoms with Crippen LogP contribution in [0.25, 0.3) is 0 Å². The van der Waals surface area contributed by atoms with Gasteiger partial charge in [-0.3, -0.25) is 10.1 Å². The van der Waals surface area contributed by atoms with Crippen molar-refractivity contribution in [1.82, 2.24) is 0 Å². The molecule has 0 aliphatic heterocycles. The zero-order valence-electron chi connectivity index (χ0n) is 13.0. The maximum atomic E-state index is 11.1. The van der Waals surface area contributed by atoms with Crippen molar-refractivity contribution in [3.63, 3.8) is 0 Å². The Kier molecular flexibility index (Phi) is 4.41. The molecule has 0 spiro atoms. The van der Waals surface area contributed by atoms with E-state index in [9.17, 15) is 10.1 Å². The van der Waals surface area contributed by atoms with Gasteiger partial charge in [0, 0.05) is 4.92 Å². The molecule has 0 radical (unpaired) electrons. The number of rotatable bonds is 4. The topological polar surface area (TPSA) is 43.1 Å². The third-order valence-corrected chi connectivity index (χ3v) is 4.20. The third kappa shape index (κ3) is 3.48. The van der Waals surface area contributed by atoms with Crippen LogP contribution in [-0.2, 0) is 0 Å². The first-order valence-corrected chi connectivity index (χ1v) is 7.14. The van der Waals surface area contributed by atoms with Crippen LogP contribution in [0.15, 0.2) is 36.4 Å². The second kappa shape index (κ2) is 6.08. The Morgan fingerprint density at radius 1 is 0.857 bits per heavy atom. The molecule has 2 aromatic carbocycles. The molecule has 0 aliphatic carbocycles. The average molecular weight is 283 g/mol. The lowest BCUT2D eigenvalue weighted by molar-refractivity contribution is -0.481. The molecule has 21 heavy (non-hydrogen) atoms. The Bertz CT molecular complexity index is 625. The Labute approximate surface area is 125 Å². The summed E-state index contributed by atoms with van der Waals surface area (Å²) < 4.78 is 0. The van der Waals surface area contributed by atoms with E-state index in [1.54, 1.807) is 0 Å². The molecule has 0 heterocycles. The van der Waals surface area contributed by atoms with Crippen LogP contribution < -0.4 is 0 Å². The van der Waals surface area contributed by atoms with E-state index in [4.69, 9.17) is 0 Å². The standard InChI is InChI=1S/C18H21NO2/c1-12-5-7-16(9-14(12)3)18(11-19(20)21)17-8-6-13(2)15(4)10-17/h5-10,18H,11H2,1-4H3. The van der Waals surface area contributed by atoms with Crippen LogP contribution in [0.1, 0.15) is 39.3 Å². The lowest BCUT2D eigenvalue weighted by Gasteiger charge is -2.16. The van der Waals surface area contributed by atoms with Crippen LogP contribution in [0.4, 0.5) is 0 Å². The summed E-state index contributed by atoms with van der Waals surface area (Å²) in [5.41, 5.74) is 6.78. The summed E-state index contributed by atoms with van der Waals surface area (Å²) in [6.45, 7) is 8.12. The first-order chi connectivity index (χ1) is 9.88. The molecule has 0 saturated heterocycles. The normalized spacial score (nSPS) is 10.9. The molecule has 3 heteroatoms. The Morgan fingerprint density at radius 3 is 1.62 bits per heavy atom. The molecule has 2 aromatic rings. The highest BCUT2D eigenvalue weighted by Crippen LogP contribution is 2.28. The van der Waals surface area contributed by atoms with Gasteiger partial charge in [0.05, 0.1) is 5.92 Å². The van der Waals surface area contributed by atoms with E-state index in [0.29, 0.717) is 0 Å². The molecule has 2 rings (SSSR count). The number of nitrogens with zero attached hydrogens (tertiary/aromatic N) is 1. The Balaban J connectivity index is 2.48. The third-order valence-electron chi connectivity index (χ3n) is 4.20. The fourth-order valence-corrected chi connectivity index (χ4v) is 2.52. The van der Waals surface area contributed by atoms with Gasteiger partial charge in [-0.1, -0.05) is 36.4 Å². The van der Waals surface area contributed by atoms with Crippen molar-refractivity contribution in [2.45, 2.75) is 33.6 Å². The van der Waals surface area contributed by atoms with Gasteiger partial charge in [-0.05, 0) is 61.1 Å². The van der Waals surface area contributed by atoms with Gasteiger partial charge < -0.3 is 0 Å². The molecule has 0 amide bonds. The zero-order valence-corrected chi connectivity index (χ0v) is 13.0. The molecule has 0 unspecified atom stereocenters. The Hall–Kier alpha value is -2.16. The molecule has 0 aliphatic rings. The minimum atomic E-state index is -0.227. The van der Waals surface area contributed by atoms with Crippen molar-refractivity contribution in [2.24, 2.45) is 0 Å². The van der Waals surface area contributed by atoms with E-state index in [1.165, 1.54) is 22.3 Å². The second-order valence-corrected chi connectivity index (χ2v) is 5.76. The molecular weight excluding hydrogens is 262 g/mol. The quantitative estimate of drug-likeness (QED) is 0.619. The molecule has 0 saturated carbocycles. The van der Waals surface area contributed by atoms with Gasteiger partial charge in [0.1, 0.15) is 0 Å². The van der Waals surface area contributed by atoms with E-state index >= 15 is 0 Å². The monoisotopic (exact) mass is 283 g/mol. The molecule has 0 aromatic heterocycles. The van der Waals surface area contributed by atoms with Crippen LogP contribution >= 0.6 is 0 Å². The minimum Gasteiger partial charge on any atom is -0.265 e. The van der Waals surface area contributed by atoms with Crippen molar-refractivity contribution < 1.29 is 4.92 Å². The number of aryl methyl sites for hydroxylation is 4. The second-order valence-electron chi connectivity index (χ2n) is 5.76. The van der Waals surface area contributed by atoms with Crippen molar-refractivity contribution in [3.05, 3.63) is 79.9 Å². The van der Waals surface area contributed by atoms with E-state index in [-0.39, 0.29) is 17.4 Å². The summed E-state index contributed by atoms with van der Waals surface area (Å²) in [5.74, 6) is -0.196. The number of hydrogen-bond donors (Lipinski definition) is 0. The summed E-state index contributed by atoms with van der Waals surface area (Å²) >= 11 is 0. The maximum Gasteiger partial charge on any atom is 0.214 e. The highest BCUT2D eigenvalue weighted by Gasteiger charge is 2.21. The van der Waals surface area contributed by atoms with Crippen LogP contribution in [0, 0.1) is 37.8 Å². The average Bonchev–Trinajstić information content (AvgIpc) is 2.42. The minimum absolute atomic E-state index is 0.0784. The van der Waals surface area contributed by atoms with Gasteiger partial charge in [0.15, 0.2) is 0 Å². The molecule has 3 nitrogen and oxygen atoms in total. The van der Waals surface area contributed by atoms with Gasteiger partial charge in [-0.15, -0.1) is 0 Å². The van der Waals surface area contributed by atoms with Crippen molar-refractivity contribution in [3.8, 4) is 0 Å². The highest BCUT2D eigenvalue weighted by atomic mass is 16.6. The predicted molar refractivity (Wildman–Crippen MR) is 85.5 cm³/mol. The molecule has 0 atom stereocenters. The lowest BCUT2D eigenvalue weighted by atomic mass is 9.88. The summed E-state index contributed by atoms with van der Waals surface area (Å²) in [6.07, 6.45) is 0. The maximum absolute atomic E-state index is 11.1. The number of nitro groups is 1. The van der Waals surface area contributed by atoms with E-state index in [0.717, 1.165) is 11.1 Å². The Morgan fingerprint density at radius 2 is 1.29 bits per heavy atom. The van der Waals surface area contributed by atoms with Crippen molar-refractivity contribution >= 4 is 0 Å². The van der Waals surface area contributed by atoms with Crippen molar-refractivity contribution in [2.75, 3.05) is 6.54 Å². The van der Waals surface area contributed by atoms with Crippen LogP contribution in [0.3, 0.4) is 0 Å². The lowest BCUT2D eigenvalue weighted by Crippen LogP contribution is -2.14. The molecular formula is C18H21NO2. The van der Waals surface area contributed by atoms with Gasteiger partial charge in [0.25, 0.3) is 0 Å². The highest BCUT2D eigenvalue weighted by molar-refractivity contribution is 5.40. The van der Waals surface area contributed by atoms with Crippen LogP contribution in [-0.4, -0.2) is 11.5 Å². The fraction of sp³-hybridized carbons (Fsp3) is 0.333. The summed E-state index contributed by atoms with van der Waals surface area (Å²) in [7, 11) is 0. The van der Waals surface area contributed by atoms with Crippen molar-refractivity contribution in [1.29, 1.82) is 0 Å². The molecule has 0 bridgehead atoms. The van der Waals surface area contributed by atoms with Gasteiger partial charge in [0.2, 0.25) is 6.54 Å². The smallest absolute Gasteiger partial charge is 0.214 e. The van der Waals surface area contributed by atoms with Gasteiger partial charge in [-0.2, -0.15) is 0 Å². The van der Waals surface area contributed by atoms with E-state index in [2.05, 4.69) is 26.0 Å². The molecule has 0 N–H and O–H groups in total. The fourth-order valence-electron chi connectivity index (χ4n) is 2.52. The molecule has 110 valence electrons. The first-order valence-electron chi connectivity index (χ1n) is 7.14. The number of hydrogen-bond acceptors (Lipinski definition) is 2. The van der Waals surface area contributed by atoms with E-state index in [1.807, 2.05) is 38.1 Å². The van der Waals surface area contributed by atoms with Gasteiger partial charge >= 0.3 is 0 Å². The SMILES string of the molecule is Cc1ccc(C(C[N+](=O)[O-])c2ccc(C)c(C)c2)cc1C. The van der Waals surface area contributed by atoms with Crippen LogP contribution in [0.2, 0.25) is 0 Å². The predicted octanol–water partition coefficient (Wildman–Crippen LogP) is 4.33. The van der Waals surface area contributed by atoms with E-state index < -0.39 is 0 Å². The largest absolute Gasteiger partial charge is 0.265 e. The summed E-state index contributed by atoms with van der Waals surface area (Å²) in [4.78, 5) is 10.8. The van der Waals surface area contributed by atoms with Gasteiger partial charge in [-0.25, -0.2) is 0 Å². The summed E-state index contributed by atoms with van der Waals surface area (Å²) in [5, 5.41) is 11.1. The van der Waals surface area contributed by atoms with Crippen LogP contribution in [0.5, 0.6) is 0 Å².